The molecule has 0 aromatic heterocycles. The van der Waals surface area contributed by atoms with E-state index < -0.39 is 41.8 Å². The lowest BCUT2D eigenvalue weighted by molar-refractivity contribution is -0.154. The molecule has 4 rings (SSSR count). The summed E-state index contributed by atoms with van der Waals surface area (Å²) in [7, 11) is 0. The van der Waals surface area contributed by atoms with Gasteiger partial charge in [0.2, 0.25) is 17.7 Å². The Morgan fingerprint density at radius 3 is 1.33 bits per heavy atom. The fourth-order valence-corrected chi connectivity index (χ4v) is 6.00. The second-order valence-electron chi connectivity index (χ2n) is 11.2. The zero-order chi connectivity index (χ0) is 26.2. The van der Waals surface area contributed by atoms with E-state index in [1.807, 2.05) is 0 Å². The minimum atomic E-state index is -1.02. The lowest BCUT2D eigenvalue weighted by Gasteiger charge is -2.35. The number of carbonyl (C=O) groups is 5. The van der Waals surface area contributed by atoms with Crippen LogP contribution < -0.4 is 0 Å². The number of ether oxygens (including phenoxy) is 1. The van der Waals surface area contributed by atoms with Crippen LogP contribution in [-0.2, 0) is 23.9 Å². The molecule has 0 spiro atoms. The van der Waals surface area contributed by atoms with E-state index in [0.29, 0.717) is 77.5 Å². The van der Waals surface area contributed by atoms with Crippen LogP contribution in [0.25, 0.3) is 0 Å². The molecule has 4 saturated heterocycles. The molecule has 0 aliphatic carbocycles. The fourth-order valence-electron chi connectivity index (χ4n) is 6.00. The highest BCUT2D eigenvalue weighted by Crippen LogP contribution is 2.30. The summed E-state index contributed by atoms with van der Waals surface area (Å²) in [5.74, 6) is -1.84. The second kappa shape index (κ2) is 10.3. The average Bonchev–Trinajstić information content (AvgIpc) is 3.62. The Hall–Kier alpha value is -2.85. The van der Waals surface area contributed by atoms with Gasteiger partial charge in [0.05, 0.1) is 0 Å². The van der Waals surface area contributed by atoms with E-state index >= 15 is 0 Å². The van der Waals surface area contributed by atoms with Crippen LogP contribution in [0.2, 0.25) is 0 Å². The Morgan fingerprint density at radius 1 is 0.611 bits per heavy atom. The summed E-state index contributed by atoms with van der Waals surface area (Å²) in [6.45, 7) is 6.98. The van der Waals surface area contributed by atoms with Crippen molar-refractivity contribution in [3.63, 3.8) is 0 Å². The van der Waals surface area contributed by atoms with Crippen molar-refractivity contribution >= 4 is 29.8 Å². The maximum atomic E-state index is 13.7. The van der Waals surface area contributed by atoms with E-state index in [1.54, 1.807) is 30.6 Å². The van der Waals surface area contributed by atoms with Gasteiger partial charge in [-0.25, -0.2) is 9.59 Å². The lowest BCUT2D eigenvalue weighted by Crippen LogP contribution is -2.57. The van der Waals surface area contributed by atoms with Crippen LogP contribution in [0.15, 0.2) is 0 Å². The summed E-state index contributed by atoms with van der Waals surface area (Å²) >= 11 is 0. The Balaban J connectivity index is 1.46. The molecule has 4 fully saturated rings. The van der Waals surface area contributed by atoms with Crippen molar-refractivity contribution < 1.29 is 33.8 Å². The van der Waals surface area contributed by atoms with Gasteiger partial charge in [-0.3, -0.25) is 19.3 Å². The van der Waals surface area contributed by atoms with Crippen LogP contribution in [-0.4, -0.2) is 110 Å². The van der Waals surface area contributed by atoms with Gasteiger partial charge in [-0.15, -0.1) is 0 Å². The van der Waals surface area contributed by atoms with Crippen molar-refractivity contribution in [3.05, 3.63) is 0 Å². The maximum Gasteiger partial charge on any atom is 0.410 e. The van der Waals surface area contributed by atoms with Gasteiger partial charge in [0.15, 0.2) is 0 Å². The third kappa shape index (κ3) is 5.15. The summed E-state index contributed by atoms with van der Waals surface area (Å²) in [5.41, 5.74) is -0.675. The third-order valence-corrected chi connectivity index (χ3v) is 7.63. The van der Waals surface area contributed by atoms with Crippen LogP contribution in [0, 0.1) is 0 Å². The molecule has 0 aromatic carbocycles. The van der Waals surface area contributed by atoms with Gasteiger partial charge in [-0.1, -0.05) is 0 Å². The first-order valence-electron chi connectivity index (χ1n) is 13.1. The molecular weight excluding hydrogens is 468 g/mol. The van der Waals surface area contributed by atoms with Crippen LogP contribution in [0.4, 0.5) is 4.79 Å². The molecule has 4 amide bonds. The highest BCUT2D eigenvalue weighted by atomic mass is 16.6. The van der Waals surface area contributed by atoms with Crippen molar-refractivity contribution in [1.82, 2.24) is 19.6 Å². The van der Waals surface area contributed by atoms with Gasteiger partial charge in [-0.2, -0.15) is 0 Å². The minimum Gasteiger partial charge on any atom is -0.480 e. The standard InChI is InChI=1S/C25H38N4O7/c1-25(2,3)36-24(35)29-15-6-10-18(29)22(32)27-13-4-8-16(27)20(30)26-12-5-9-17(26)21(31)28-14-7-11-19(28)23(33)34/h16-19H,4-15H2,1-3H3,(H,33,34)/t16-,17-,18-,19-/m1/s1. The number of likely N-dealkylation sites (tertiary alicyclic amines) is 4. The van der Waals surface area contributed by atoms with Gasteiger partial charge < -0.3 is 24.5 Å². The molecule has 0 bridgehead atoms. The number of rotatable bonds is 4. The first-order chi connectivity index (χ1) is 17.0. The molecule has 4 aliphatic rings. The summed E-state index contributed by atoms with van der Waals surface area (Å²) in [6.07, 6.45) is 4.04. The smallest absolute Gasteiger partial charge is 0.410 e. The third-order valence-electron chi connectivity index (χ3n) is 7.63. The Morgan fingerprint density at radius 2 is 0.944 bits per heavy atom. The summed E-state index contributed by atoms with van der Waals surface area (Å²) in [5, 5.41) is 9.49. The normalized spacial score (nSPS) is 28.6. The number of hydrogen-bond donors (Lipinski definition) is 1. The maximum absolute atomic E-state index is 13.7. The lowest BCUT2D eigenvalue weighted by atomic mass is 10.1. The van der Waals surface area contributed by atoms with E-state index in [0.717, 1.165) is 0 Å². The number of carbonyl (C=O) groups excluding carboxylic acids is 4. The highest BCUT2D eigenvalue weighted by molar-refractivity contribution is 5.95. The fraction of sp³-hybridized carbons (Fsp3) is 0.800. The van der Waals surface area contributed by atoms with Gasteiger partial charge in [0.25, 0.3) is 0 Å². The molecule has 0 saturated carbocycles. The van der Waals surface area contributed by atoms with Crippen molar-refractivity contribution in [2.75, 3.05) is 26.2 Å². The number of hydrogen-bond acceptors (Lipinski definition) is 6. The quantitative estimate of drug-likeness (QED) is 0.611. The van der Waals surface area contributed by atoms with Gasteiger partial charge in [0, 0.05) is 26.2 Å². The highest BCUT2D eigenvalue weighted by Gasteiger charge is 2.47. The van der Waals surface area contributed by atoms with Crippen molar-refractivity contribution in [2.45, 2.75) is 102 Å². The second-order valence-corrected chi connectivity index (χ2v) is 11.2. The molecule has 36 heavy (non-hydrogen) atoms. The van der Waals surface area contributed by atoms with Crippen LogP contribution in [0.5, 0.6) is 0 Å². The number of amides is 4. The van der Waals surface area contributed by atoms with Gasteiger partial charge >= 0.3 is 12.1 Å². The van der Waals surface area contributed by atoms with Gasteiger partial charge in [-0.05, 0) is 72.1 Å². The zero-order valence-corrected chi connectivity index (χ0v) is 21.5. The molecule has 1 N–H and O–H groups in total. The van der Waals surface area contributed by atoms with Crippen molar-refractivity contribution in [2.24, 2.45) is 0 Å². The minimum absolute atomic E-state index is 0.248. The number of aliphatic carboxylic acids is 1. The molecule has 11 nitrogen and oxygen atoms in total. The largest absolute Gasteiger partial charge is 0.480 e. The molecule has 0 unspecified atom stereocenters. The van der Waals surface area contributed by atoms with E-state index in [9.17, 15) is 29.1 Å². The Bertz CT molecular complexity index is 917. The molecule has 0 radical (unpaired) electrons. The molecule has 11 heteroatoms. The van der Waals surface area contributed by atoms with Crippen LogP contribution >= 0.6 is 0 Å². The van der Waals surface area contributed by atoms with Crippen LogP contribution in [0.1, 0.15) is 72.1 Å². The van der Waals surface area contributed by atoms with Crippen molar-refractivity contribution in [3.8, 4) is 0 Å². The molecule has 4 atom stereocenters. The molecule has 200 valence electrons. The monoisotopic (exact) mass is 506 g/mol. The van der Waals surface area contributed by atoms with Crippen molar-refractivity contribution in [1.29, 1.82) is 0 Å². The van der Waals surface area contributed by atoms with E-state index in [2.05, 4.69) is 0 Å². The number of carboxylic acids is 1. The Kier molecular flexibility index (Phi) is 7.47. The summed E-state index contributed by atoms with van der Waals surface area (Å²) in [4.78, 5) is 70.8. The summed E-state index contributed by atoms with van der Waals surface area (Å²) < 4.78 is 5.49. The first kappa shape index (κ1) is 26.2. The zero-order valence-electron chi connectivity index (χ0n) is 21.5. The molecule has 4 heterocycles. The number of nitrogens with zero attached hydrogens (tertiary/aromatic N) is 4. The summed E-state index contributed by atoms with van der Waals surface area (Å²) in [6, 6.07) is -2.88. The SMILES string of the molecule is CC(C)(C)OC(=O)N1CCC[C@@H]1C(=O)N1CCC[C@@H]1C(=O)N1CCC[C@@H]1C(=O)N1CCC[C@@H]1C(=O)O. The predicted molar refractivity (Wildman–Crippen MR) is 128 cm³/mol. The van der Waals surface area contributed by atoms with E-state index in [-0.39, 0.29) is 17.7 Å². The van der Waals surface area contributed by atoms with Crippen LogP contribution in [0.3, 0.4) is 0 Å². The first-order valence-corrected chi connectivity index (χ1v) is 13.1. The average molecular weight is 507 g/mol. The number of carboxylic acid groups (broad SMARTS) is 1. The Labute approximate surface area is 211 Å². The molecule has 4 aliphatic heterocycles. The predicted octanol–water partition coefficient (Wildman–Crippen LogP) is 1.44. The van der Waals surface area contributed by atoms with E-state index in [4.69, 9.17) is 4.74 Å². The molecular formula is C25H38N4O7. The van der Waals surface area contributed by atoms with E-state index in [1.165, 1.54) is 9.80 Å². The topological polar surface area (TPSA) is 128 Å². The molecule has 0 aromatic rings. The van der Waals surface area contributed by atoms with Gasteiger partial charge in [0.1, 0.15) is 29.8 Å².